The molecule has 182 valence electrons. The van der Waals surface area contributed by atoms with Crippen LogP contribution in [0.25, 0.3) is 22.5 Å². The number of aromatic amines is 1. The quantitative estimate of drug-likeness (QED) is 0.293. The van der Waals surface area contributed by atoms with E-state index in [0.717, 1.165) is 59.3 Å². The molecule has 2 heterocycles. The molecular formula is C28H29N7O. The van der Waals surface area contributed by atoms with Crippen LogP contribution >= 0.6 is 0 Å². The molecular weight excluding hydrogens is 450 g/mol. The third-order valence-corrected chi connectivity index (χ3v) is 6.30. The summed E-state index contributed by atoms with van der Waals surface area (Å²) in [5.41, 5.74) is 5.03. The van der Waals surface area contributed by atoms with Crippen molar-refractivity contribution in [1.82, 2.24) is 35.0 Å². The fourth-order valence-corrected chi connectivity index (χ4v) is 4.40. The summed E-state index contributed by atoms with van der Waals surface area (Å²) in [5.74, 6) is 1.40. The number of aryl methyl sites for hydroxylation is 1. The van der Waals surface area contributed by atoms with Crippen molar-refractivity contribution in [3.63, 3.8) is 0 Å². The van der Waals surface area contributed by atoms with Crippen molar-refractivity contribution < 1.29 is 0 Å². The maximum atomic E-state index is 13.3. The summed E-state index contributed by atoms with van der Waals surface area (Å²) in [4.78, 5) is 13.3. The van der Waals surface area contributed by atoms with Gasteiger partial charge in [-0.25, -0.2) is 9.48 Å². The molecule has 5 rings (SSSR count). The van der Waals surface area contributed by atoms with E-state index in [1.165, 1.54) is 0 Å². The number of rotatable bonds is 10. The number of hydrogen-bond donors (Lipinski definition) is 1. The van der Waals surface area contributed by atoms with E-state index < -0.39 is 0 Å². The Hall–Kier alpha value is -4.33. The Balaban J connectivity index is 1.41. The molecule has 0 saturated carbocycles. The summed E-state index contributed by atoms with van der Waals surface area (Å²) in [5, 5.41) is 19.2. The Kier molecular flexibility index (Phi) is 7.12. The van der Waals surface area contributed by atoms with Gasteiger partial charge in [-0.15, -0.1) is 10.2 Å². The maximum absolute atomic E-state index is 13.3. The first-order valence-electron chi connectivity index (χ1n) is 12.4. The zero-order chi connectivity index (χ0) is 24.7. The van der Waals surface area contributed by atoms with Crippen LogP contribution < -0.4 is 5.69 Å². The highest BCUT2D eigenvalue weighted by Crippen LogP contribution is 2.29. The Morgan fingerprint density at radius 3 is 2.25 bits per heavy atom. The minimum absolute atomic E-state index is 0.0723. The van der Waals surface area contributed by atoms with Gasteiger partial charge >= 0.3 is 5.69 Å². The maximum Gasteiger partial charge on any atom is 0.346 e. The average Bonchev–Trinajstić information content (AvgIpc) is 3.55. The van der Waals surface area contributed by atoms with Crippen LogP contribution in [-0.2, 0) is 19.5 Å². The molecule has 1 N–H and O–H groups in total. The van der Waals surface area contributed by atoms with Crippen LogP contribution in [0.4, 0.5) is 0 Å². The third kappa shape index (κ3) is 5.17. The number of hydrogen-bond acceptors (Lipinski definition) is 5. The highest BCUT2D eigenvalue weighted by molar-refractivity contribution is 5.80. The van der Waals surface area contributed by atoms with Crippen molar-refractivity contribution in [3.05, 3.63) is 106 Å². The van der Waals surface area contributed by atoms with E-state index in [4.69, 9.17) is 5.10 Å². The molecule has 0 amide bonds. The smallest absolute Gasteiger partial charge is 0.274 e. The molecule has 36 heavy (non-hydrogen) atoms. The van der Waals surface area contributed by atoms with E-state index in [-0.39, 0.29) is 5.69 Å². The largest absolute Gasteiger partial charge is 0.346 e. The van der Waals surface area contributed by atoms with E-state index in [2.05, 4.69) is 51.8 Å². The van der Waals surface area contributed by atoms with Crippen LogP contribution in [0.5, 0.6) is 0 Å². The van der Waals surface area contributed by atoms with Crippen LogP contribution in [0.3, 0.4) is 0 Å². The number of unbranched alkanes of at least 4 members (excludes halogenated alkanes) is 2. The summed E-state index contributed by atoms with van der Waals surface area (Å²) in [6.07, 6.45) is 4.06. The van der Waals surface area contributed by atoms with E-state index in [1.807, 2.05) is 59.2 Å². The number of H-pyrrole nitrogens is 1. The van der Waals surface area contributed by atoms with E-state index >= 15 is 0 Å². The first-order chi connectivity index (χ1) is 17.7. The second-order valence-electron chi connectivity index (χ2n) is 8.86. The van der Waals surface area contributed by atoms with Crippen molar-refractivity contribution in [3.8, 4) is 22.5 Å². The van der Waals surface area contributed by atoms with Gasteiger partial charge in [0.15, 0.2) is 0 Å². The van der Waals surface area contributed by atoms with Gasteiger partial charge in [-0.2, -0.15) is 10.3 Å². The standard InChI is InChI=1S/C28H29N7O/c1-2-3-5-14-26-31-35(20-21-10-6-4-7-11-21)28(36)34(26)19-22-15-17-23(18-16-22)24-12-8-9-13-25(24)27-29-32-33-30-27/h4,6-13,15-18H,2-3,5,14,19-20H2,1H3,(H,29,30,32,33). The van der Waals surface area contributed by atoms with E-state index in [9.17, 15) is 4.79 Å². The highest BCUT2D eigenvalue weighted by atomic mass is 16.2. The van der Waals surface area contributed by atoms with Crippen molar-refractivity contribution in [1.29, 1.82) is 0 Å². The molecule has 2 aromatic heterocycles. The van der Waals surface area contributed by atoms with Gasteiger partial charge in [-0.1, -0.05) is 98.6 Å². The number of tetrazole rings is 1. The Morgan fingerprint density at radius 1 is 0.806 bits per heavy atom. The summed E-state index contributed by atoms with van der Waals surface area (Å²) >= 11 is 0. The topological polar surface area (TPSA) is 94.3 Å². The van der Waals surface area contributed by atoms with Gasteiger partial charge < -0.3 is 0 Å². The molecule has 0 fully saturated rings. The molecule has 8 nitrogen and oxygen atoms in total. The normalized spacial score (nSPS) is 11.1. The Labute approximate surface area is 209 Å². The predicted octanol–water partition coefficient (Wildman–Crippen LogP) is 4.72. The lowest BCUT2D eigenvalue weighted by molar-refractivity contribution is 0.636. The SMILES string of the molecule is CCCCCc1nn(Cc2ccccc2)c(=O)n1Cc1ccc(-c2ccccc2-c2nn[nH]n2)cc1. The van der Waals surface area contributed by atoms with Crippen LogP contribution in [0.2, 0.25) is 0 Å². The predicted molar refractivity (Wildman–Crippen MR) is 139 cm³/mol. The fourth-order valence-electron chi connectivity index (χ4n) is 4.40. The molecule has 3 aromatic carbocycles. The van der Waals surface area contributed by atoms with Gasteiger partial charge in [0, 0.05) is 12.0 Å². The van der Waals surface area contributed by atoms with Gasteiger partial charge in [-0.05, 0) is 33.9 Å². The van der Waals surface area contributed by atoms with E-state index in [1.54, 1.807) is 4.68 Å². The second kappa shape index (κ2) is 10.9. The van der Waals surface area contributed by atoms with Crippen LogP contribution in [0.1, 0.15) is 43.1 Å². The van der Waals surface area contributed by atoms with Gasteiger partial charge in [-0.3, -0.25) is 4.57 Å². The Bertz CT molecular complexity index is 1450. The van der Waals surface area contributed by atoms with Gasteiger partial charge in [0.1, 0.15) is 5.82 Å². The van der Waals surface area contributed by atoms with Gasteiger partial charge in [0.05, 0.1) is 13.1 Å². The van der Waals surface area contributed by atoms with Gasteiger partial charge in [0.25, 0.3) is 0 Å². The second-order valence-corrected chi connectivity index (χ2v) is 8.86. The number of nitrogens with zero attached hydrogens (tertiary/aromatic N) is 6. The molecule has 0 bridgehead atoms. The lowest BCUT2D eigenvalue weighted by Crippen LogP contribution is -2.26. The molecule has 5 aromatic rings. The lowest BCUT2D eigenvalue weighted by atomic mass is 9.98. The summed E-state index contributed by atoms with van der Waals surface area (Å²) in [6.45, 7) is 3.14. The molecule has 0 radical (unpaired) electrons. The number of aromatic nitrogens is 7. The van der Waals surface area contributed by atoms with Crippen LogP contribution in [0.15, 0.2) is 83.7 Å². The minimum Gasteiger partial charge on any atom is -0.274 e. The zero-order valence-corrected chi connectivity index (χ0v) is 20.3. The zero-order valence-electron chi connectivity index (χ0n) is 20.3. The van der Waals surface area contributed by atoms with Crippen molar-refractivity contribution >= 4 is 0 Å². The van der Waals surface area contributed by atoms with E-state index in [0.29, 0.717) is 18.9 Å². The molecule has 0 saturated heterocycles. The molecule has 0 aliphatic carbocycles. The summed E-state index contributed by atoms with van der Waals surface area (Å²) in [7, 11) is 0. The fraction of sp³-hybridized carbons (Fsp3) is 0.250. The van der Waals surface area contributed by atoms with Crippen molar-refractivity contribution in [2.24, 2.45) is 0 Å². The molecule has 0 atom stereocenters. The molecule has 0 unspecified atom stereocenters. The summed E-state index contributed by atoms with van der Waals surface area (Å²) < 4.78 is 3.41. The number of nitrogens with one attached hydrogen (secondary N) is 1. The van der Waals surface area contributed by atoms with Crippen molar-refractivity contribution in [2.45, 2.75) is 45.7 Å². The Morgan fingerprint density at radius 2 is 1.53 bits per heavy atom. The molecule has 0 aliphatic rings. The van der Waals surface area contributed by atoms with Crippen molar-refractivity contribution in [2.75, 3.05) is 0 Å². The number of benzene rings is 3. The van der Waals surface area contributed by atoms with Crippen LogP contribution in [0, 0.1) is 0 Å². The summed E-state index contributed by atoms with van der Waals surface area (Å²) in [6, 6.07) is 26.3. The molecule has 0 spiro atoms. The van der Waals surface area contributed by atoms with Gasteiger partial charge in [0.2, 0.25) is 5.82 Å². The molecule has 8 heteroatoms. The minimum atomic E-state index is -0.0723. The first-order valence-corrected chi connectivity index (χ1v) is 12.4. The third-order valence-electron chi connectivity index (χ3n) is 6.30. The lowest BCUT2D eigenvalue weighted by Gasteiger charge is -2.09. The first kappa shape index (κ1) is 23.4. The highest BCUT2D eigenvalue weighted by Gasteiger charge is 2.15. The van der Waals surface area contributed by atoms with Crippen LogP contribution in [-0.4, -0.2) is 35.0 Å². The monoisotopic (exact) mass is 479 g/mol. The average molecular weight is 480 g/mol. The molecule has 0 aliphatic heterocycles.